The van der Waals surface area contributed by atoms with Crippen LogP contribution in [0.5, 0.6) is 0 Å². The van der Waals surface area contributed by atoms with Crippen LogP contribution in [-0.2, 0) is 0 Å². The minimum Gasteiger partial charge on any atom is -0.366 e. The third-order valence-corrected chi connectivity index (χ3v) is 5.27. The molecule has 0 aromatic heterocycles. The van der Waals surface area contributed by atoms with Gasteiger partial charge in [0.1, 0.15) is 0 Å². The number of hydrogen-bond donors (Lipinski definition) is 0. The van der Waals surface area contributed by atoms with Crippen LogP contribution in [0.1, 0.15) is 50.1 Å². The summed E-state index contributed by atoms with van der Waals surface area (Å²) in [5.41, 5.74) is 1.43. The van der Waals surface area contributed by atoms with Crippen molar-refractivity contribution in [3.8, 4) is 0 Å². The molecule has 114 valence electrons. The highest BCUT2D eigenvalue weighted by Crippen LogP contribution is 2.29. The van der Waals surface area contributed by atoms with Gasteiger partial charge < -0.3 is 4.90 Å². The molecule has 2 fully saturated rings. The molecule has 0 aliphatic carbocycles. The van der Waals surface area contributed by atoms with E-state index in [4.69, 9.17) is 12.2 Å². The van der Waals surface area contributed by atoms with Crippen LogP contribution in [0.2, 0.25) is 0 Å². The molecule has 0 radical (unpaired) electrons. The smallest absolute Gasteiger partial charge is 0.0798 e. The second-order valence-corrected chi connectivity index (χ2v) is 6.79. The fourth-order valence-corrected chi connectivity index (χ4v) is 3.96. The highest BCUT2D eigenvalue weighted by Gasteiger charge is 2.25. The lowest BCUT2D eigenvalue weighted by molar-refractivity contribution is 0.165. The summed E-state index contributed by atoms with van der Waals surface area (Å²) in [5.74, 6) is 0. The molecule has 2 heterocycles. The number of nitrogens with zero attached hydrogens (tertiary/aromatic N) is 2. The summed E-state index contributed by atoms with van der Waals surface area (Å²) in [6.07, 6.45) is 7.67. The summed E-state index contributed by atoms with van der Waals surface area (Å²) in [5, 5.41) is 0. The van der Waals surface area contributed by atoms with Crippen molar-refractivity contribution < 1.29 is 0 Å². The Labute approximate surface area is 134 Å². The van der Waals surface area contributed by atoms with E-state index < -0.39 is 0 Å². The summed E-state index contributed by atoms with van der Waals surface area (Å²) >= 11 is 5.76. The minimum atomic E-state index is 0.472. The highest BCUT2D eigenvalue weighted by molar-refractivity contribution is 7.80. The van der Waals surface area contributed by atoms with E-state index in [1.54, 1.807) is 0 Å². The number of rotatable bonds is 4. The van der Waals surface area contributed by atoms with E-state index in [0.717, 1.165) is 6.42 Å². The molecular formula is C18H26N2S. The molecule has 1 aromatic carbocycles. The number of benzene rings is 1. The zero-order chi connectivity index (χ0) is 14.5. The third kappa shape index (κ3) is 3.83. The monoisotopic (exact) mass is 302 g/mol. The molecule has 0 bridgehead atoms. The number of piperidine rings is 1. The van der Waals surface area contributed by atoms with Gasteiger partial charge in [0.15, 0.2) is 0 Å². The first kappa shape index (κ1) is 15.0. The van der Waals surface area contributed by atoms with Crippen LogP contribution in [0.15, 0.2) is 30.3 Å². The van der Waals surface area contributed by atoms with Gasteiger partial charge in [0.05, 0.1) is 4.99 Å². The molecule has 2 saturated heterocycles. The van der Waals surface area contributed by atoms with Crippen LogP contribution in [0.4, 0.5) is 0 Å². The Bertz CT molecular complexity index is 448. The van der Waals surface area contributed by atoms with Gasteiger partial charge in [0.25, 0.3) is 0 Å². The lowest BCUT2D eigenvalue weighted by Gasteiger charge is -2.36. The summed E-state index contributed by atoms with van der Waals surface area (Å²) in [4.78, 5) is 6.25. The molecule has 2 aliphatic heterocycles. The predicted octanol–water partition coefficient (Wildman–Crippen LogP) is 4.03. The van der Waals surface area contributed by atoms with Gasteiger partial charge in [0.2, 0.25) is 0 Å². The Morgan fingerprint density at radius 2 is 1.52 bits per heavy atom. The van der Waals surface area contributed by atoms with Gasteiger partial charge in [-0.1, -0.05) is 49.0 Å². The first-order valence-corrected chi connectivity index (χ1v) is 8.82. The lowest BCUT2D eigenvalue weighted by Crippen LogP contribution is -2.37. The quantitative estimate of drug-likeness (QED) is 0.776. The SMILES string of the molecule is S=C(CC(c1ccccc1)N1CCCCC1)N1CCCC1. The topological polar surface area (TPSA) is 6.48 Å². The van der Waals surface area contributed by atoms with E-state index in [-0.39, 0.29) is 0 Å². The summed E-state index contributed by atoms with van der Waals surface area (Å²) in [6.45, 7) is 4.78. The van der Waals surface area contributed by atoms with Gasteiger partial charge in [-0.15, -0.1) is 0 Å². The van der Waals surface area contributed by atoms with E-state index in [2.05, 4.69) is 40.1 Å². The van der Waals surface area contributed by atoms with E-state index in [0.29, 0.717) is 6.04 Å². The van der Waals surface area contributed by atoms with Crippen molar-refractivity contribution in [2.24, 2.45) is 0 Å². The summed E-state index contributed by atoms with van der Waals surface area (Å²) < 4.78 is 0. The Balaban J connectivity index is 1.73. The molecule has 2 aliphatic rings. The van der Waals surface area contributed by atoms with Gasteiger partial charge in [-0.05, 0) is 44.3 Å². The molecule has 3 rings (SSSR count). The zero-order valence-corrected chi connectivity index (χ0v) is 13.7. The van der Waals surface area contributed by atoms with Crippen molar-refractivity contribution in [3.63, 3.8) is 0 Å². The maximum atomic E-state index is 5.76. The normalized spacial score (nSPS) is 21.4. The Morgan fingerprint density at radius 3 is 2.19 bits per heavy atom. The van der Waals surface area contributed by atoms with Crippen LogP contribution in [-0.4, -0.2) is 41.0 Å². The van der Waals surface area contributed by atoms with Gasteiger partial charge >= 0.3 is 0 Å². The van der Waals surface area contributed by atoms with Gasteiger partial charge in [-0.3, -0.25) is 4.90 Å². The van der Waals surface area contributed by atoms with Crippen LogP contribution < -0.4 is 0 Å². The predicted molar refractivity (Wildman–Crippen MR) is 92.6 cm³/mol. The molecule has 0 saturated carbocycles. The van der Waals surface area contributed by atoms with E-state index >= 15 is 0 Å². The van der Waals surface area contributed by atoms with Crippen molar-refractivity contribution in [1.29, 1.82) is 0 Å². The number of thiocarbonyl (C=S) groups is 1. The highest BCUT2D eigenvalue weighted by atomic mass is 32.1. The van der Waals surface area contributed by atoms with Gasteiger partial charge in [-0.2, -0.15) is 0 Å². The standard InChI is InChI=1S/C18H26N2S/c21-18(20-13-7-8-14-20)15-17(16-9-3-1-4-10-16)19-11-5-2-6-12-19/h1,3-4,9-10,17H,2,5-8,11-15H2. The molecule has 0 N–H and O–H groups in total. The van der Waals surface area contributed by atoms with Crippen molar-refractivity contribution in [1.82, 2.24) is 9.80 Å². The molecule has 2 nitrogen and oxygen atoms in total. The molecule has 1 atom stereocenters. The molecule has 21 heavy (non-hydrogen) atoms. The average molecular weight is 302 g/mol. The average Bonchev–Trinajstić information content (AvgIpc) is 3.09. The summed E-state index contributed by atoms with van der Waals surface area (Å²) in [6, 6.07) is 11.4. The van der Waals surface area contributed by atoms with Crippen molar-refractivity contribution >= 4 is 17.2 Å². The van der Waals surface area contributed by atoms with Crippen molar-refractivity contribution in [2.45, 2.75) is 44.6 Å². The minimum absolute atomic E-state index is 0.472. The molecule has 1 aromatic rings. The molecule has 1 unspecified atom stereocenters. The fourth-order valence-electron chi connectivity index (χ4n) is 3.62. The molecular weight excluding hydrogens is 276 g/mol. The van der Waals surface area contributed by atoms with Crippen LogP contribution in [0, 0.1) is 0 Å². The van der Waals surface area contributed by atoms with Crippen LogP contribution in [0.3, 0.4) is 0 Å². The maximum absolute atomic E-state index is 5.76. The second kappa shape index (κ2) is 7.37. The second-order valence-electron chi connectivity index (χ2n) is 6.32. The Hall–Kier alpha value is -0.930. The van der Waals surface area contributed by atoms with Crippen molar-refractivity contribution in [2.75, 3.05) is 26.2 Å². The largest absolute Gasteiger partial charge is 0.366 e. The Kier molecular flexibility index (Phi) is 5.26. The van der Waals surface area contributed by atoms with Crippen molar-refractivity contribution in [3.05, 3.63) is 35.9 Å². The first-order valence-electron chi connectivity index (χ1n) is 8.41. The number of hydrogen-bond acceptors (Lipinski definition) is 2. The van der Waals surface area contributed by atoms with Crippen LogP contribution in [0.25, 0.3) is 0 Å². The number of likely N-dealkylation sites (tertiary alicyclic amines) is 2. The first-order chi connectivity index (χ1) is 10.3. The molecule has 0 spiro atoms. The van der Waals surface area contributed by atoms with E-state index in [1.165, 1.54) is 68.8 Å². The van der Waals surface area contributed by atoms with E-state index in [1.807, 2.05) is 0 Å². The van der Waals surface area contributed by atoms with Gasteiger partial charge in [-0.25, -0.2) is 0 Å². The Morgan fingerprint density at radius 1 is 0.905 bits per heavy atom. The summed E-state index contributed by atoms with van der Waals surface area (Å²) in [7, 11) is 0. The third-order valence-electron chi connectivity index (χ3n) is 4.84. The zero-order valence-electron chi connectivity index (χ0n) is 12.8. The molecule has 0 amide bonds. The van der Waals surface area contributed by atoms with Crippen LogP contribution >= 0.6 is 12.2 Å². The van der Waals surface area contributed by atoms with Gasteiger partial charge in [0, 0.05) is 25.6 Å². The maximum Gasteiger partial charge on any atom is 0.0798 e. The fraction of sp³-hybridized carbons (Fsp3) is 0.611. The lowest BCUT2D eigenvalue weighted by atomic mass is 9.98. The molecule has 3 heteroatoms. The van der Waals surface area contributed by atoms with E-state index in [9.17, 15) is 0 Å².